The van der Waals surface area contributed by atoms with E-state index in [-0.39, 0.29) is 105 Å². The Morgan fingerprint density at radius 2 is 1.16 bits per heavy atom. The van der Waals surface area contributed by atoms with Crippen molar-refractivity contribution in [2.24, 2.45) is 41.4 Å². The van der Waals surface area contributed by atoms with Gasteiger partial charge < -0.3 is 41.4 Å². The van der Waals surface area contributed by atoms with Crippen molar-refractivity contribution in [1.82, 2.24) is 31.9 Å². The van der Waals surface area contributed by atoms with Gasteiger partial charge in [0, 0.05) is 57.0 Å². The van der Waals surface area contributed by atoms with Gasteiger partial charge in [0.25, 0.3) is 0 Å². The molecule has 0 aliphatic rings. The van der Waals surface area contributed by atoms with Crippen molar-refractivity contribution in [1.29, 1.82) is 0 Å². The lowest BCUT2D eigenvalue weighted by Gasteiger charge is -2.26. The lowest BCUT2D eigenvalue weighted by molar-refractivity contribution is -0.150. The predicted molar refractivity (Wildman–Crippen MR) is 237 cm³/mol. The molecule has 6 amide bonds. The summed E-state index contributed by atoms with van der Waals surface area (Å²) < 4.78 is 10.9. The van der Waals surface area contributed by atoms with Gasteiger partial charge >= 0.3 is 12.1 Å². The first kappa shape index (κ1) is 54.3. The molecular formula is C46H78N6O9. The molecule has 6 atom stereocenters. The van der Waals surface area contributed by atoms with E-state index in [1.54, 1.807) is 34.6 Å². The van der Waals surface area contributed by atoms with E-state index in [9.17, 15) is 33.6 Å². The fourth-order valence-electron chi connectivity index (χ4n) is 6.47. The second-order valence-electron chi connectivity index (χ2n) is 18.9. The molecule has 1 aromatic rings. The second kappa shape index (κ2) is 27.3. The van der Waals surface area contributed by atoms with E-state index < -0.39 is 47.6 Å². The molecule has 0 saturated heterocycles. The van der Waals surface area contributed by atoms with Gasteiger partial charge in [0.1, 0.15) is 12.2 Å². The summed E-state index contributed by atoms with van der Waals surface area (Å²) in [5.74, 6) is -3.45. The van der Waals surface area contributed by atoms with Crippen molar-refractivity contribution in [2.45, 2.75) is 152 Å². The number of benzene rings is 1. The van der Waals surface area contributed by atoms with Crippen LogP contribution in [0.15, 0.2) is 30.3 Å². The first-order valence-corrected chi connectivity index (χ1v) is 22.0. The number of carbonyl (C=O) groups is 7. The van der Waals surface area contributed by atoms with Crippen LogP contribution in [-0.2, 0) is 44.8 Å². The van der Waals surface area contributed by atoms with Crippen LogP contribution < -0.4 is 31.9 Å². The van der Waals surface area contributed by atoms with Gasteiger partial charge in [0.15, 0.2) is 0 Å². The minimum Gasteiger partial charge on any atom is -0.461 e. The number of carbonyl (C=O) groups excluding carboxylic acids is 7. The second-order valence-corrected chi connectivity index (χ2v) is 18.9. The number of nitrogens with one attached hydrogen (secondary N) is 6. The Morgan fingerprint density at radius 3 is 1.72 bits per heavy atom. The molecular weight excluding hydrogens is 781 g/mol. The number of ether oxygens (including phenoxy) is 2. The monoisotopic (exact) mass is 859 g/mol. The average Bonchev–Trinajstić information content (AvgIpc) is 3.13. The molecule has 0 aliphatic carbocycles. The molecule has 1 aromatic carbocycles. The number of amides is 6. The summed E-state index contributed by atoms with van der Waals surface area (Å²) in [5, 5.41) is 17.1. The summed E-state index contributed by atoms with van der Waals surface area (Å²) in [7, 11) is 0. The Morgan fingerprint density at radius 1 is 0.607 bits per heavy atom. The maximum atomic E-state index is 13.4. The van der Waals surface area contributed by atoms with Crippen molar-refractivity contribution in [3.05, 3.63) is 35.9 Å². The van der Waals surface area contributed by atoms with E-state index in [0.29, 0.717) is 12.8 Å². The zero-order chi connectivity index (χ0) is 46.4. The van der Waals surface area contributed by atoms with E-state index in [1.807, 2.05) is 85.7 Å². The predicted octanol–water partition coefficient (Wildman–Crippen LogP) is 5.40. The highest BCUT2D eigenvalue weighted by molar-refractivity contribution is 5.84. The molecule has 6 N–H and O–H groups in total. The zero-order valence-electron chi connectivity index (χ0n) is 39.2. The van der Waals surface area contributed by atoms with Crippen molar-refractivity contribution < 1.29 is 43.0 Å². The first-order chi connectivity index (χ1) is 28.4. The third-order valence-corrected chi connectivity index (χ3v) is 9.90. The highest BCUT2D eigenvalue weighted by atomic mass is 16.6. The molecule has 346 valence electrons. The van der Waals surface area contributed by atoms with Gasteiger partial charge in [-0.05, 0) is 69.8 Å². The highest BCUT2D eigenvalue weighted by Crippen LogP contribution is 2.16. The third-order valence-electron chi connectivity index (χ3n) is 9.90. The first-order valence-electron chi connectivity index (χ1n) is 22.0. The average molecular weight is 859 g/mol. The van der Waals surface area contributed by atoms with E-state index in [2.05, 4.69) is 31.9 Å². The smallest absolute Gasteiger partial charge is 0.407 e. The van der Waals surface area contributed by atoms with Gasteiger partial charge in [-0.2, -0.15) is 0 Å². The maximum Gasteiger partial charge on any atom is 0.407 e. The van der Waals surface area contributed by atoms with Crippen LogP contribution >= 0.6 is 0 Å². The normalized spacial score (nSPS) is 14.6. The molecule has 0 fully saturated rings. The maximum absolute atomic E-state index is 13.4. The largest absolute Gasteiger partial charge is 0.461 e. The highest BCUT2D eigenvalue weighted by Gasteiger charge is 2.28. The van der Waals surface area contributed by atoms with Gasteiger partial charge in [0.05, 0.1) is 17.8 Å². The Labute approximate surface area is 365 Å². The van der Waals surface area contributed by atoms with E-state index in [4.69, 9.17) is 9.47 Å². The van der Waals surface area contributed by atoms with Crippen LogP contribution in [0.25, 0.3) is 0 Å². The minimum absolute atomic E-state index is 0.00116. The molecule has 0 spiro atoms. The number of hydrogen-bond donors (Lipinski definition) is 6. The van der Waals surface area contributed by atoms with E-state index >= 15 is 0 Å². The van der Waals surface area contributed by atoms with Gasteiger partial charge in [-0.1, -0.05) is 92.6 Å². The molecule has 0 aromatic heterocycles. The quantitative estimate of drug-likeness (QED) is 0.0658. The Hall–Kier alpha value is -4.69. The fraction of sp³-hybridized carbons (Fsp3) is 0.717. The van der Waals surface area contributed by atoms with Crippen molar-refractivity contribution in [3.63, 3.8) is 0 Å². The molecule has 61 heavy (non-hydrogen) atoms. The molecule has 0 saturated carbocycles. The Balaban J connectivity index is 2.68. The Kier molecular flexibility index (Phi) is 24.3. The number of hydrogen-bond acceptors (Lipinski definition) is 9. The van der Waals surface area contributed by atoms with E-state index in [0.717, 1.165) is 5.56 Å². The van der Waals surface area contributed by atoms with E-state index in [1.165, 1.54) is 0 Å². The SMILES string of the molecule is CC(C)C[C@@H](CC(=O)NC[C@@H](C(=O)N[C@@H](C)CC(=O)NC[C@H](CC(C)C)C(=O)OCc1ccccc1)C(C)C)NC(=O)[C@@H](C)CNC(=O)C[C@@H](NC(=O)OC(C)(C)C)C(C)C. The lowest BCUT2D eigenvalue weighted by atomic mass is 9.94. The molecule has 0 radical (unpaired) electrons. The summed E-state index contributed by atoms with van der Waals surface area (Å²) in [6.45, 7) is 24.6. The number of rotatable bonds is 26. The molecule has 1 rings (SSSR count). The topological polar surface area (TPSA) is 210 Å². The molecule has 0 unspecified atom stereocenters. The van der Waals surface area contributed by atoms with Crippen LogP contribution in [0.4, 0.5) is 4.79 Å². The van der Waals surface area contributed by atoms with Crippen LogP contribution in [-0.4, -0.2) is 85.0 Å². The number of alkyl carbamates (subject to hydrolysis) is 1. The van der Waals surface area contributed by atoms with Crippen LogP contribution in [0.2, 0.25) is 0 Å². The zero-order valence-corrected chi connectivity index (χ0v) is 39.2. The fourth-order valence-corrected chi connectivity index (χ4v) is 6.47. The van der Waals surface area contributed by atoms with Crippen LogP contribution in [0, 0.1) is 41.4 Å². The molecule has 15 heteroatoms. The summed E-state index contributed by atoms with van der Waals surface area (Å²) >= 11 is 0. The van der Waals surface area contributed by atoms with Crippen molar-refractivity contribution in [2.75, 3.05) is 19.6 Å². The molecule has 15 nitrogen and oxygen atoms in total. The summed E-state index contributed by atoms with van der Waals surface area (Å²) in [4.78, 5) is 90.7. The summed E-state index contributed by atoms with van der Waals surface area (Å²) in [6.07, 6.45) is 0.481. The van der Waals surface area contributed by atoms with Crippen molar-refractivity contribution in [3.8, 4) is 0 Å². The van der Waals surface area contributed by atoms with Gasteiger partial charge in [0.2, 0.25) is 29.5 Å². The van der Waals surface area contributed by atoms with Crippen LogP contribution in [0.1, 0.15) is 128 Å². The van der Waals surface area contributed by atoms with Crippen molar-refractivity contribution >= 4 is 41.6 Å². The van der Waals surface area contributed by atoms with Gasteiger partial charge in [-0.3, -0.25) is 28.8 Å². The summed E-state index contributed by atoms with van der Waals surface area (Å²) in [6, 6.07) is 7.93. The molecule has 0 aliphatic heterocycles. The van der Waals surface area contributed by atoms with Gasteiger partial charge in [-0.25, -0.2) is 4.79 Å². The van der Waals surface area contributed by atoms with Crippen LogP contribution in [0.3, 0.4) is 0 Å². The minimum atomic E-state index is -0.677. The lowest BCUT2D eigenvalue weighted by Crippen LogP contribution is -2.48. The van der Waals surface area contributed by atoms with Crippen LogP contribution in [0.5, 0.6) is 0 Å². The molecule has 0 heterocycles. The molecule has 0 bridgehead atoms. The number of esters is 1. The third kappa shape index (κ3) is 24.4. The Bertz CT molecular complexity index is 1540. The standard InChI is InChI=1S/C46H78N6O9/c1-28(2)19-35(44(58)60-27-34-17-15-14-16-18-34)25-48-39(53)21-33(10)50-43(57)37(30(5)6)26-49-40(54)22-36(20-29(3)4)51-42(56)32(9)24-47-41(55)23-38(31(7)8)52-45(59)61-46(11,12)13/h14-18,28-33,35-38H,19-27H2,1-13H3,(H,47,55)(H,48,53)(H,49,54)(H,50,57)(H,51,56)(H,52,59)/t32-,33-,35-,36-,37+,38+/m0/s1. The summed E-state index contributed by atoms with van der Waals surface area (Å²) in [5.41, 5.74) is 0.199. The van der Waals surface area contributed by atoms with Gasteiger partial charge in [-0.15, -0.1) is 0 Å².